The number of hydrogen-bond acceptors (Lipinski definition) is 3. The van der Waals surface area contributed by atoms with E-state index in [4.69, 9.17) is 4.84 Å². The number of carbonyl (C=O) groups excluding carboxylic acids is 1. The number of amides is 1. The fourth-order valence-electron chi connectivity index (χ4n) is 3.31. The lowest BCUT2D eigenvalue weighted by molar-refractivity contribution is -0.141. The molecule has 5 heteroatoms. The van der Waals surface area contributed by atoms with Gasteiger partial charge in [-0.05, 0) is 35.3 Å². The lowest BCUT2D eigenvalue weighted by Crippen LogP contribution is -2.41. The average molecular weight is 350 g/mol. The van der Waals surface area contributed by atoms with Crippen LogP contribution in [0.5, 0.6) is 0 Å². The molecule has 1 atom stereocenters. The minimum Gasteiger partial charge on any atom is -0.382 e. The third-order valence-electron chi connectivity index (χ3n) is 4.79. The predicted octanol–water partition coefficient (Wildman–Crippen LogP) is 3.63. The van der Waals surface area contributed by atoms with Gasteiger partial charge in [-0.25, -0.2) is 4.39 Å². The van der Waals surface area contributed by atoms with Crippen molar-refractivity contribution in [2.75, 3.05) is 13.1 Å². The van der Waals surface area contributed by atoms with E-state index in [0.29, 0.717) is 19.5 Å². The van der Waals surface area contributed by atoms with Crippen LogP contribution < -0.4 is 0 Å². The van der Waals surface area contributed by atoms with Crippen molar-refractivity contribution in [3.05, 3.63) is 77.6 Å². The minimum atomic E-state index is -0.550. The molecule has 0 saturated carbocycles. The lowest BCUT2D eigenvalue weighted by Gasteiger charge is -2.28. The fourth-order valence-corrected chi connectivity index (χ4v) is 3.31. The molecule has 132 valence electrons. The van der Waals surface area contributed by atoms with E-state index in [-0.39, 0.29) is 11.7 Å². The summed E-state index contributed by atoms with van der Waals surface area (Å²) in [5.41, 5.74) is 3.94. The first-order chi connectivity index (χ1) is 12.7. The van der Waals surface area contributed by atoms with Crippen molar-refractivity contribution in [2.45, 2.75) is 18.9 Å². The second-order valence-corrected chi connectivity index (χ2v) is 6.47. The first kappa shape index (κ1) is 16.5. The van der Waals surface area contributed by atoms with Crippen LogP contribution >= 0.6 is 0 Å². The molecular formula is C21H19FN2O2. The summed E-state index contributed by atoms with van der Waals surface area (Å²) in [5.74, 6) is -0.274. The number of benzene rings is 2. The highest BCUT2D eigenvalue weighted by Gasteiger charge is 2.32. The lowest BCUT2D eigenvalue weighted by atomic mass is 9.98. The van der Waals surface area contributed by atoms with Crippen molar-refractivity contribution in [3.8, 4) is 0 Å². The zero-order valence-electron chi connectivity index (χ0n) is 14.3. The van der Waals surface area contributed by atoms with Crippen LogP contribution in [-0.4, -0.2) is 35.7 Å². The standard InChI is InChI=1S/C21H19FN2O2/c22-18-8-6-15(7-9-18)16-10-12-24(13-11-16)21(25)20-14-19(23-26-20)17-4-2-1-3-5-17/h1-10,20H,11-14H2. The highest BCUT2D eigenvalue weighted by atomic mass is 19.1. The maximum Gasteiger partial charge on any atom is 0.267 e. The fraction of sp³-hybridized carbons (Fsp3) is 0.238. The van der Waals surface area contributed by atoms with Crippen LogP contribution in [0.2, 0.25) is 0 Å². The Morgan fingerprint density at radius 2 is 1.85 bits per heavy atom. The summed E-state index contributed by atoms with van der Waals surface area (Å²) in [6, 6.07) is 16.2. The molecule has 2 aromatic carbocycles. The van der Waals surface area contributed by atoms with Crippen LogP contribution in [-0.2, 0) is 9.63 Å². The number of rotatable bonds is 3. The van der Waals surface area contributed by atoms with Gasteiger partial charge in [0.25, 0.3) is 5.91 Å². The molecule has 4 rings (SSSR count). The van der Waals surface area contributed by atoms with Gasteiger partial charge in [-0.2, -0.15) is 0 Å². The van der Waals surface area contributed by atoms with Gasteiger partial charge in [-0.3, -0.25) is 4.79 Å². The normalized spacial score (nSPS) is 19.6. The Kier molecular flexibility index (Phi) is 4.52. The Balaban J connectivity index is 1.38. The average Bonchev–Trinajstić information content (AvgIpc) is 3.19. The molecule has 0 aliphatic carbocycles. The molecule has 0 bridgehead atoms. The zero-order valence-corrected chi connectivity index (χ0v) is 14.3. The smallest absolute Gasteiger partial charge is 0.267 e. The number of nitrogens with zero attached hydrogens (tertiary/aromatic N) is 2. The first-order valence-electron chi connectivity index (χ1n) is 8.72. The monoisotopic (exact) mass is 350 g/mol. The number of carbonyl (C=O) groups is 1. The highest BCUT2D eigenvalue weighted by Crippen LogP contribution is 2.25. The molecule has 0 spiro atoms. The molecular weight excluding hydrogens is 331 g/mol. The molecule has 2 heterocycles. The van der Waals surface area contributed by atoms with Crippen LogP contribution in [0.1, 0.15) is 24.0 Å². The van der Waals surface area contributed by atoms with E-state index in [1.807, 2.05) is 36.4 Å². The Bertz CT molecular complexity index is 859. The van der Waals surface area contributed by atoms with Gasteiger partial charge in [-0.1, -0.05) is 53.7 Å². The Morgan fingerprint density at radius 3 is 2.54 bits per heavy atom. The van der Waals surface area contributed by atoms with Crippen LogP contribution in [0.4, 0.5) is 4.39 Å². The second-order valence-electron chi connectivity index (χ2n) is 6.47. The summed E-state index contributed by atoms with van der Waals surface area (Å²) in [5, 5.41) is 4.09. The maximum absolute atomic E-state index is 13.1. The predicted molar refractivity (Wildman–Crippen MR) is 98.0 cm³/mol. The Morgan fingerprint density at radius 1 is 1.08 bits per heavy atom. The molecule has 0 aromatic heterocycles. The number of halogens is 1. The maximum atomic E-state index is 13.1. The van der Waals surface area contributed by atoms with E-state index in [2.05, 4.69) is 5.16 Å². The van der Waals surface area contributed by atoms with E-state index in [1.54, 1.807) is 17.0 Å². The van der Waals surface area contributed by atoms with E-state index in [1.165, 1.54) is 12.1 Å². The summed E-state index contributed by atoms with van der Waals surface area (Å²) in [7, 11) is 0. The van der Waals surface area contributed by atoms with Crippen molar-refractivity contribution in [1.29, 1.82) is 0 Å². The van der Waals surface area contributed by atoms with Gasteiger partial charge < -0.3 is 9.74 Å². The van der Waals surface area contributed by atoms with E-state index in [9.17, 15) is 9.18 Å². The first-order valence-corrected chi connectivity index (χ1v) is 8.72. The summed E-state index contributed by atoms with van der Waals surface area (Å²) in [4.78, 5) is 19.9. The summed E-state index contributed by atoms with van der Waals surface area (Å²) in [6.45, 7) is 1.16. The molecule has 0 fully saturated rings. The molecule has 2 aromatic rings. The van der Waals surface area contributed by atoms with E-state index in [0.717, 1.165) is 28.8 Å². The van der Waals surface area contributed by atoms with Crippen LogP contribution in [0.15, 0.2) is 65.8 Å². The second kappa shape index (κ2) is 7.12. The molecule has 0 N–H and O–H groups in total. The van der Waals surface area contributed by atoms with Gasteiger partial charge in [0.15, 0.2) is 0 Å². The summed E-state index contributed by atoms with van der Waals surface area (Å²) < 4.78 is 13.1. The SMILES string of the molecule is O=C(C1CC(c2ccccc2)=NO1)N1CC=C(c2ccc(F)cc2)CC1. The van der Waals surface area contributed by atoms with E-state index < -0.39 is 6.10 Å². The molecule has 1 amide bonds. The number of hydrogen-bond donors (Lipinski definition) is 0. The molecule has 4 nitrogen and oxygen atoms in total. The van der Waals surface area contributed by atoms with Crippen LogP contribution in [0, 0.1) is 5.82 Å². The molecule has 0 saturated heterocycles. The van der Waals surface area contributed by atoms with Crippen molar-refractivity contribution in [2.24, 2.45) is 5.16 Å². The van der Waals surface area contributed by atoms with Gasteiger partial charge in [0.2, 0.25) is 6.10 Å². The van der Waals surface area contributed by atoms with E-state index >= 15 is 0 Å². The summed E-state index contributed by atoms with van der Waals surface area (Å²) in [6.07, 6.45) is 2.72. The van der Waals surface area contributed by atoms with Gasteiger partial charge in [0, 0.05) is 19.5 Å². The topological polar surface area (TPSA) is 41.9 Å². The van der Waals surface area contributed by atoms with Crippen LogP contribution in [0.3, 0.4) is 0 Å². The Labute approximate surface area is 151 Å². The van der Waals surface area contributed by atoms with Crippen molar-refractivity contribution in [3.63, 3.8) is 0 Å². The molecule has 2 aliphatic heterocycles. The third-order valence-corrected chi connectivity index (χ3v) is 4.79. The zero-order chi connectivity index (χ0) is 17.9. The van der Waals surface area contributed by atoms with Crippen molar-refractivity contribution >= 4 is 17.2 Å². The Hall–Kier alpha value is -2.95. The van der Waals surface area contributed by atoms with Gasteiger partial charge >= 0.3 is 0 Å². The minimum absolute atomic E-state index is 0.0333. The van der Waals surface area contributed by atoms with Crippen LogP contribution in [0.25, 0.3) is 5.57 Å². The molecule has 1 unspecified atom stereocenters. The quantitative estimate of drug-likeness (QED) is 0.848. The van der Waals surface area contributed by atoms with Crippen molar-refractivity contribution in [1.82, 2.24) is 4.90 Å². The van der Waals surface area contributed by atoms with Crippen molar-refractivity contribution < 1.29 is 14.0 Å². The molecule has 0 radical (unpaired) electrons. The number of oxime groups is 1. The summed E-state index contributed by atoms with van der Waals surface area (Å²) >= 11 is 0. The van der Waals surface area contributed by atoms with Gasteiger partial charge in [0.1, 0.15) is 5.82 Å². The molecule has 26 heavy (non-hydrogen) atoms. The van der Waals surface area contributed by atoms with Gasteiger partial charge in [-0.15, -0.1) is 0 Å². The third kappa shape index (κ3) is 3.38. The largest absolute Gasteiger partial charge is 0.382 e. The highest BCUT2D eigenvalue weighted by molar-refractivity contribution is 6.04. The molecule has 2 aliphatic rings. The van der Waals surface area contributed by atoms with Gasteiger partial charge in [0.05, 0.1) is 5.71 Å².